The minimum absolute atomic E-state index is 0.0198. The lowest BCUT2D eigenvalue weighted by molar-refractivity contribution is -0.132. The van der Waals surface area contributed by atoms with E-state index in [-0.39, 0.29) is 11.3 Å². The summed E-state index contributed by atoms with van der Waals surface area (Å²) in [7, 11) is 1.54. The number of thiazole rings is 1. The Bertz CT molecular complexity index is 1660. The van der Waals surface area contributed by atoms with Crippen molar-refractivity contribution in [2.75, 3.05) is 25.2 Å². The summed E-state index contributed by atoms with van der Waals surface area (Å²) < 4.78 is 18.1. The molecule has 8 nitrogen and oxygen atoms in total. The van der Waals surface area contributed by atoms with E-state index in [4.69, 9.17) is 19.2 Å². The molecule has 1 amide bonds. The molecule has 2 heterocycles. The van der Waals surface area contributed by atoms with Crippen molar-refractivity contribution in [1.29, 1.82) is 0 Å². The van der Waals surface area contributed by atoms with Crippen molar-refractivity contribution in [3.05, 3.63) is 82.9 Å². The lowest BCUT2D eigenvalue weighted by Crippen LogP contribution is -2.29. The molecule has 1 unspecified atom stereocenters. The van der Waals surface area contributed by atoms with Gasteiger partial charge < -0.3 is 19.3 Å². The Morgan fingerprint density at radius 3 is 2.48 bits per heavy atom. The largest absolute Gasteiger partial charge is 0.507 e. The number of rotatable bonds is 10. The van der Waals surface area contributed by atoms with Crippen LogP contribution in [-0.2, 0) is 9.59 Å². The van der Waals surface area contributed by atoms with Crippen LogP contribution in [0.3, 0.4) is 0 Å². The maximum Gasteiger partial charge on any atom is 0.301 e. The number of aromatic nitrogens is 1. The maximum absolute atomic E-state index is 13.7. The van der Waals surface area contributed by atoms with Gasteiger partial charge in [-0.1, -0.05) is 61.1 Å². The number of hydrogen-bond acceptors (Lipinski definition) is 8. The van der Waals surface area contributed by atoms with Crippen molar-refractivity contribution in [2.45, 2.75) is 40.2 Å². The number of carbonyl (C=O) groups excluding carboxylic acids is 2. The zero-order valence-corrected chi connectivity index (χ0v) is 25.2. The highest BCUT2D eigenvalue weighted by molar-refractivity contribution is 7.22. The number of amides is 1. The smallest absolute Gasteiger partial charge is 0.301 e. The van der Waals surface area contributed by atoms with Gasteiger partial charge in [0.2, 0.25) is 0 Å². The molecule has 1 fully saturated rings. The Hall–Kier alpha value is -4.37. The Morgan fingerprint density at radius 1 is 1.02 bits per heavy atom. The predicted molar refractivity (Wildman–Crippen MR) is 165 cm³/mol. The molecule has 1 N–H and O–H groups in total. The molecule has 3 aromatic carbocycles. The lowest BCUT2D eigenvalue weighted by Gasteiger charge is -2.24. The van der Waals surface area contributed by atoms with Crippen LogP contribution in [0.1, 0.15) is 49.9 Å². The minimum atomic E-state index is -0.947. The first-order valence-electron chi connectivity index (χ1n) is 13.9. The third-order valence-electron chi connectivity index (χ3n) is 7.09. The average Bonchev–Trinajstić information content (AvgIpc) is 3.50. The number of methoxy groups -OCH3 is 1. The van der Waals surface area contributed by atoms with Gasteiger partial charge in [-0.3, -0.25) is 14.5 Å². The van der Waals surface area contributed by atoms with Crippen LogP contribution in [0.4, 0.5) is 5.13 Å². The van der Waals surface area contributed by atoms with Gasteiger partial charge in [0.25, 0.3) is 5.78 Å². The van der Waals surface area contributed by atoms with Crippen molar-refractivity contribution < 1.29 is 28.9 Å². The van der Waals surface area contributed by atoms with Crippen LogP contribution in [-0.4, -0.2) is 42.1 Å². The highest BCUT2D eigenvalue weighted by Gasteiger charge is 2.48. The Morgan fingerprint density at radius 2 is 1.79 bits per heavy atom. The summed E-state index contributed by atoms with van der Waals surface area (Å²) in [5.41, 5.74) is 2.67. The number of ether oxygens (including phenoxy) is 3. The molecule has 0 radical (unpaired) electrons. The third-order valence-corrected chi connectivity index (χ3v) is 8.11. The van der Waals surface area contributed by atoms with Crippen molar-refractivity contribution in [1.82, 2.24) is 4.98 Å². The average molecular weight is 587 g/mol. The van der Waals surface area contributed by atoms with Gasteiger partial charge in [-0.25, -0.2) is 4.98 Å². The first kappa shape index (κ1) is 29.1. The zero-order valence-electron chi connectivity index (χ0n) is 24.3. The lowest BCUT2D eigenvalue weighted by atomic mass is 9.95. The standard InChI is InChI=1S/C33H34N2O6S/c1-6-40-23-12-13-24-27(18-23)42-33(34-24)35-29(22-11-14-25(26(17-22)39-5)41-16-15-19(2)3)28(31(37)32(35)38)30(36)21-9-7-20(4)8-10-21/h7-14,17-19,29,36H,6,15-16H2,1-5H3. The van der Waals surface area contributed by atoms with Crippen LogP contribution in [0.2, 0.25) is 0 Å². The fraction of sp³-hybridized carbons (Fsp3) is 0.303. The molecular formula is C33H34N2O6S. The second kappa shape index (κ2) is 12.2. The van der Waals surface area contributed by atoms with Crippen LogP contribution in [0, 0.1) is 12.8 Å². The van der Waals surface area contributed by atoms with Gasteiger partial charge in [0.1, 0.15) is 11.5 Å². The Labute approximate surface area is 249 Å². The number of benzene rings is 3. The first-order chi connectivity index (χ1) is 20.2. The molecule has 42 heavy (non-hydrogen) atoms. The minimum Gasteiger partial charge on any atom is -0.507 e. The second-order valence-corrected chi connectivity index (χ2v) is 11.5. The monoisotopic (exact) mass is 586 g/mol. The van der Waals surface area contributed by atoms with E-state index >= 15 is 0 Å². The van der Waals surface area contributed by atoms with Gasteiger partial charge in [0.05, 0.1) is 42.2 Å². The molecule has 1 aliphatic rings. The summed E-state index contributed by atoms with van der Waals surface area (Å²) >= 11 is 1.28. The van der Waals surface area contributed by atoms with Gasteiger partial charge in [0.15, 0.2) is 16.6 Å². The molecule has 9 heteroatoms. The molecular weight excluding hydrogens is 552 g/mol. The molecule has 0 bridgehead atoms. The summed E-state index contributed by atoms with van der Waals surface area (Å²) in [5, 5.41) is 11.8. The van der Waals surface area contributed by atoms with E-state index < -0.39 is 17.7 Å². The number of anilines is 1. The van der Waals surface area contributed by atoms with Crippen LogP contribution in [0.15, 0.2) is 66.2 Å². The summed E-state index contributed by atoms with van der Waals surface area (Å²) in [6, 6.07) is 17.0. The van der Waals surface area contributed by atoms with Crippen LogP contribution in [0.5, 0.6) is 17.2 Å². The number of fused-ring (bicyclic) bond motifs is 1. The Kier molecular flexibility index (Phi) is 8.49. The molecule has 4 aromatic rings. The van der Waals surface area contributed by atoms with E-state index in [1.165, 1.54) is 16.2 Å². The number of Topliss-reactive ketones (excluding diaryl/α,β-unsaturated/α-hetero) is 1. The van der Waals surface area contributed by atoms with Gasteiger partial charge in [-0.2, -0.15) is 0 Å². The molecule has 1 aliphatic heterocycles. The number of hydrogen-bond donors (Lipinski definition) is 1. The van der Waals surface area contributed by atoms with Gasteiger partial charge in [-0.05, 0) is 62.1 Å². The number of aryl methyl sites for hydroxylation is 1. The third kappa shape index (κ3) is 5.69. The Balaban J connectivity index is 1.65. The highest BCUT2D eigenvalue weighted by atomic mass is 32.1. The van der Waals surface area contributed by atoms with Gasteiger partial charge >= 0.3 is 5.91 Å². The summed E-state index contributed by atoms with van der Waals surface area (Å²) in [6.45, 7) is 9.13. The molecule has 0 spiro atoms. The molecule has 0 saturated carbocycles. The maximum atomic E-state index is 13.7. The van der Waals surface area contributed by atoms with Crippen molar-refractivity contribution in [3.8, 4) is 17.2 Å². The van der Waals surface area contributed by atoms with Crippen LogP contribution in [0.25, 0.3) is 16.0 Å². The van der Waals surface area contributed by atoms with E-state index in [1.54, 1.807) is 37.4 Å². The van der Waals surface area contributed by atoms with Gasteiger partial charge in [-0.15, -0.1) is 0 Å². The second-order valence-electron chi connectivity index (χ2n) is 10.5. The fourth-order valence-corrected chi connectivity index (χ4v) is 5.86. The summed E-state index contributed by atoms with van der Waals surface area (Å²) in [5.74, 6) is 0.379. The molecule has 5 rings (SSSR count). The van der Waals surface area contributed by atoms with E-state index in [2.05, 4.69) is 13.8 Å². The number of nitrogens with zero attached hydrogens (tertiary/aromatic N) is 2. The fourth-order valence-electron chi connectivity index (χ4n) is 4.84. The quantitative estimate of drug-likeness (QED) is 0.121. The molecule has 1 aromatic heterocycles. The zero-order chi connectivity index (χ0) is 30.0. The van der Waals surface area contributed by atoms with Crippen molar-refractivity contribution in [3.63, 3.8) is 0 Å². The summed E-state index contributed by atoms with van der Waals surface area (Å²) in [4.78, 5) is 33.4. The van der Waals surface area contributed by atoms with Crippen LogP contribution < -0.4 is 19.1 Å². The summed E-state index contributed by atoms with van der Waals surface area (Å²) in [6.07, 6.45) is 0.879. The van der Waals surface area contributed by atoms with Crippen molar-refractivity contribution >= 4 is 44.1 Å². The molecule has 218 valence electrons. The van der Waals surface area contributed by atoms with Gasteiger partial charge in [0, 0.05) is 5.56 Å². The van der Waals surface area contributed by atoms with E-state index in [9.17, 15) is 14.7 Å². The molecule has 1 saturated heterocycles. The van der Waals surface area contributed by atoms with Crippen molar-refractivity contribution in [2.24, 2.45) is 5.92 Å². The topological polar surface area (TPSA) is 98.2 Å². The number of ketones is 1. The number of carbonyl (C=O) groups is 2. The van der Waals surface area contributed by atoms with Crippen LogP contribution >= 0.6 is 11.3 Å². The molecule has 1 atom stereocenters. The van der Waals surface area contributed by atoms with E-state index in [1.807, 2.05) is 44.2 Å². The first-order valence-corrected chi connectivity index (χ1v) is 14.8. The molecule has 0 aliphatic carbocycles. The SMILES string of the molecule is CCOc1ccc2nc(N3C(=O)C(=O)C(=C(O)c4ccc(C)cc4)C3c3ccc(OCCC(C)C)c(OC)c3)sc2c1. The van der Waals surface area contributed by atoms with E-state index in [0.717, 1.165) is 16.7 Å². The normalized spacial score (nSPS) is 16.4. The number of aliphatic hydroxyl groups excluding tert-OH is 1. The number of aliphatic hydroxyl groups is 1. The highest BCUT2D eigenvalue weighted by Crippen LogP contribution is 2.46. The van der Waals surface area contributed by atoms with E-state index in [0.29, 0.717) is 58.2 Å². The predicted octanol–water partition coefficient (Wildman–Crippen LogP) is 7.06.